The number of unbranched alkanes of at least 4 members (excludes halogenated alkanes) is 2. The van der Waals surface area contributed by atoms with E-state index in [1.54, 1.807) is 0 Å². The summed E-state index contributed by atoms with van der Waals surface area (Å²) in [4.78, 5) is 0. The van der Waals surface area contributed by atoms with Crippen LogP contribution in [0.4, 0.5) is 0 Å². The molecule has 0 aromatic heterocycles. The van der Waals surface area contributed by atoms with Gasteiger partial charge < -0.3 is 0 Å². The fourth-order valence-corrected chi connectivity index (χ4v) is 4.92. The zero-order valence-corrected chi connectivity index (χ0v) is 16.1. The minimum Gasteiger partial charge on any atom is -0.0883 e. The Labute approximate surface area is 146 Å². The standard InChI is InChI=1S/C23H42/c1-3-5-6-9-21-16-18-23(19-17-21)11-8-7-10-22-14-12-20(4-2)13-15-22/h6,9,20-23H,3-5,7-8,10-19H2,1-2H3/t20-,21?,22-,23?. The molecule has 0 nitrogen and oxygen atoms in total. The lowest BCUT2D eigenvalue weighted by atomic mass is 9.77. The maximum absolute atomic E-state index is 2.52. The fourth-order valence-electron chi connectivity index (χ4n) is 4.92. The maximum Gasteiger partial charge on any atom is -0.0233 e. The third kappa shape index (κ3) is 7.44. The summed E-state index contributed by atoms with van der Waals surface area (Å²) >= 11 is 0. The van der Waals surface area contributed by atoms with E-state index in [1.165, 1.54) is 96.3 Å². The van der Waals surface area contributed by atoms with Crippen molar-refractivity contribution < 1.29 is 0 Å². The molecule has 0 aromatic rings. The molecule has 2 aliphatic rings. The predicted molar refractivity (Wildman–Crippen MR) is 104 cm³/mol. The summed E-state index contributed by atoms with van der Waals surface area (Å²) in [6.45, 7) is 4.65. The van der Waals surface area contributed by atoms with Gasteiger partial charge in [-0.15, -0.1) is 0 Å². The lowest BCUT2D eigenvalue weighted by molar-refractivity contribution is 0.246. The number of rotatable bonds is 9. The smallest absolute Gasteiger partial charge is 0.0233 e. The molecule has 23 heavy (non-hydrogen) atoms. The summed E-state index contributed by atoms with van der Waals surface area (Å²) in [6.07, 6.45) is 27.1. The minimum absolute atomic E-state index is 0.909. The van der Waals surface area contributed by atoms with Crippen LogP contribution in [0.2, 0.25) is 0 Å². The topological polar surface area (TPSA) is 0 Å². The van der Waals surface area contributed by atoms with Crippen LogP contribution in [0.25, 0.3) is 0 Å². The molecule has 0 unspecified atom stereocenters. The monoisotopic (exact) mass is 318 g/mol. The Morgan fingerprint density at radius 2 is 1.22 bits per heavy atom. The van der Waals surface area contributed by atoms with E-state index in [-0.39, 0.29) is 0 Å². The lowest BCUT2D eigenvalue weighted by Crippen LogP contribution is -2.14. The quantitative estimate of drug-likeness (QED) is 0.299. The van der Waals surface area contributed by atoms with Crippen molar-refractivity contribution in [2.75, 3.05) is 0 Å². The van der Waals surface area contributed by atoms with Crippen LogP contribution in [0.3, 0.4) is 0 Å². The summed E-state index contributed by atoms with van der Waals surface area (Å²) in [5.41, 5.74) is 0. The van der Waals surface area contributed by atoms with Crippen molar-refractivity contribution in [3.05, 3.63) is 12.2 Å². The van der Waals surface area contributed by atoms with Crippen LogP contribution >= 0.6 is 0 Å². The van der Waals surface area contributed by atoms with Gasteiger partial charge in [-0.3, -0.25) is 0 Å². The molecule has 0 N–H and O–H groups in total. The highest BCUT2D eigenvalue weighted by molar-refractivity contribution is 4.90. The van der Waals surface area contributed by atoms with Gasteiger partial charge >= 0.3 is 0 Å². The molecule has 0 bridgehead atoms. The first-order valence-electron chi connectivity index (χ1n) is 11.0. The average molecular weight is 319 g/mol. The van der Waals surface area contributed by atoms with E-state index < -0.39 is 0 Å². The van der Waals surface area contributed by atoms with E-state index in [9.17, 15) is 0 Å². The van der Waals surface area contributed by atoms with Crippen LogP contribution in [0.15, 0.2) is 12.2 Å². The van der Waals surface area contributed by atoms with Crippen LogP contribution in [0, 0.1) is 23.7 Å². The largest absolute Gasteiger partial charge is 0.0883 e. The molecular weight excluding hydrogens is 276 g/mol. The van der Waals surface area contributed by atoms with Crippen LogP contribution in [-0.2, 0) is 0 Å². The Hall–Kier alpha value is -0.260. The summed E-state index contributed by atoms with van der Waals surface area (Å²) < 4.78 is 0. The van der Waals surface area contributed by atoms with Gasteiger partial charge in [0.05, 0.1) is 0 Å². The Morgan fingerprint density at radius 1 is 0.696 bits per heavy atom. The summed E-state index contributed by atoms with van der Waals surface area (Å²) in [6, 6.07) is 0. The minimum atomic E-state index is 0.909. The van der Waals surface area contributed by atoms with Gasteiger partial charge in [0, 0.05) is 0 Å². The third-order valence-corrected chi connectivity index (χ3v) is 6.77. The van der Waals surface area contributed by atoms with Crippen LogP contribution in [-0.4, -0.2) is 0 Å². The van der Waals surface area contributed by atoms with Gasteiger partial charge in [-0.25, -0.2) is 0 Å². The predicted octanol–water partition coefficient (Wildman–Crippen LogP) is 7.93. The first-order valence-corrected chi connectivity index (χ1v) is 11.0. The second-order valence-electron chi connectivity index (χ2n) is 8.58. The van der Waals surface area contributed by atoms with Gasteiger partial charge in [0.2, 0.25) is 0 Å². The van der Waals surface area contributed by atoms with Crippen molar-refractivity contribution in [3.8, 4) is 0 Å². The van der Waals surface area contributed by atoms with E-state index in [0.29, 0.717) is 0 Å². The van der Waals surface area contributed by atoms with E-state index in [2.05, 4.69) is 26.0 Å². The molecular formula is C23H42. The highest BCUT2D eigenvalue weighted by Gasteiger charge is 2.21. The zero-order valence-electron chi connectivity index (χ0n) is 16.1. The molecule has 0 heteroatoms. The van der Waals surface area contributed by atoms with Gasteiger partial charge in [-0.2, -0.15) is 0 Å². The van der Waals surface area contributed by atoms with Crippen molar-refractivity contribution in [2.45, 2.75) is 110 Å². The van der Waals surface area contributed by atoms with Crippen LogP contribution in [0.5, 0.6) is 0 Å². The van der Waals surface area contributed by atoms with Crippen molar-refractivity contribution >= 4 is 0 Å². The van der Waals surface area contributed by atoms with E-state index in [1.807, 2.05) is 0 Å². The summed E-state index contributed by atoms with van der Waals surface area (Å²) in [5, 5.41) is 0. The highest BCUT2D eigenvalue weighted by atomic mass is 14.3. The SMILES string of the molecule is CCCC=CC1CCC(CCCC[C@H]2CC[C@H](CC)CC2)CC1. The molecule has 2 aliphatic carbocycles. The van der Waals surface area contributed by atoms with Crippen molar-refractivity contribution in [1.29, 1.82) is 0 Å². The normalized spacial score (nSPS) is 32.4. The molecule has 2 rings (SSSR count). The molecule has 0 atom stereocenters. The molecule has 0 radical (unpaired) electrons. The molecule has 0 aliphatic heterocycles. The lowest BCUT2D eigenvalue weighted by Gasteiger charge is -2.28. The summed E-state index contributed by atoms with van der Waals surface area (Å²) in [5.74, 6) is 4.11. The molecule has 0 aromatic carbocycles. The molecule has 134 valence electrons. The highest BCUT2D eigenvalue weighted by Crippen LogP contribution is 2.35. The van der Waals surface area contributed by atoms with Crippen molar-refractivity contribution in [3.63, 3.8) is 0 Å². The fraction of sp³-hybridized carbons (Fsp3) is 0.913. The third-order valence-electron chi connectivity index (χ3n) is 6.77. The van der Waals surface area contributed by atoms with Gasteiger partial charge in [0.25, 0.3) is 0 Å². The number of allylic oxidation sites excluding steroid dienone is 2. The van der Waals surface area contributed by atoms with Crippen LogP contribution < -0.4 is 0 Å². The summed E-state index contributed by atoms with van der Waals surface area (Å²) in [7, 11) is 0. The zero-order chi connectivity index (χ0) is 16.3. The van der Waals surface area contributed by atoms with E-state index in [4.69, 9.17) is 0 Å². The van der Waals surface area contributed by atoms with Crippen molar-refractivity contribution in [2.24, 2.45) is 23.7 Å². The Balaban J connectivity index is 1.48. The van der Waals surface area contributed by atoms with Gasteiger partial charge in [-0.05, 0) is 55.8 Å². The number of hydrogen-bond donors (Lipinski definition) is 0. The van der Waals surface area contributed by atoms with Gasteiger partial charge in [-0.1, -0.05) is 90.2 Å². The molecule has 2 fully saturated rings. The van der Waals surface area contributed by atoms with Crippen molar-refractivity contribution in [1.82, 2.24) is 0 Å². The maximum atomic E-state index is 2.52. The molecule has 0 spiro atoms. The molecule has 0 amide bonds. The Kier molecular flexibility index (Phi) is 9.39. The van der Waals surface area contributed by atoms with E-state index in [0.717, 1.165) is 23.7 Å². The molecule has 0 heterocycles. The van der Waals surface area contributed by atoms with Gasteiger partial charge in [0.15, 0.2) is 0 Å². The van der Waals surface area contributed by atoms with Crippen LogP contribution in [0.1, 0.15) is 110 Å². The average Bonchev–Trinajstić information content (AvgIpc) is 2.61. The Bertz CT molecular complexity index is 300. The van der Waals surface area contributed by atoms with E-state index >= 15 is 0 Å². The molecule has 2 saturated carbocycles. The number of hydrogen-bond acceptors (Lipinski definition) is 0. The second kappa shape index (κ2) is 11.3. The second-order valence-corrected chi connectivity index (χ2v) is 8.58. The Morgan fingerprint density at radius 3 is 1.74 bits per heavy atom. The molecule has 0 saturated heterocycles. The first kappa shape index (κ1) is 19.1. The first-order chi connectivity index (χ1) is 11.3. The van der Waals surface area contributed by atoms with Gasteiger partial charge in [0.1, 0.15) is 0 Å².